The van der Waals surface area contributed by atoms with E-state index in [4.69, 9.17) is 10.2 Å². The molecule has 2 aromatic heterocycles. The number of fused-ring (bicyclic) bond motifs is 1. The average Bonchev–Trinajstić information content (AvgIpc) is 2.94. The van der Waals surface area contributed by atoms with Crippen LogP contribution in [0.3, 0.4) is 0 Å². The molecule has 0 radical (unpaired) electrons. The molecule has 0 amide bonds. The largest absolute Gasteiger partial charge is 0.461 e. The Morgan fingerprint density at radius 1 is 1.32 bits per heavy atom. The molecular formula is C15H14N2O2. The summed E-state index contributed by atoms with van der Waals surface area (Å²) in [5.41, 5.74) is 8.88. The van der Waals surface area contributed by atoms with Crippen molar-refractivity contribution in [2.75, 3.05) is 5.73 Å². The Labute approximate surface area is 110 Å². The average molecular weight is 254 g/mol. The summed E-state index contributed by atoms with van der Waals surface area (Å²) in [6, 6.07) is 11.5. The van der Waals surface area contributed by atoms with Gasteiger partial charge in [0.05, 0.1) is 11.4 Å². The van der Waals surface area contributed by atoms with Crippen molar-refractivity contribution in [3.05, 3.63) is 53.5 Å². The van der Waals surface area contributed by atoms with Crippen LogP contribution >= 0.6 is 0 Å². The van der Waals surface area contributed by atoms with Crippen molar-refractivity contribution in [1.82, 2.24) is 4.57 Å². The Morgan fingerprint density at radius 2 is 2.11 bits per heavy atom. The lowest BCUT2D eigenvalue weighted by Gasteiger charge is -2.03. The number of nitrogen functional groups attached to an aromatic ring is 1. The lowest BCUT2D eigenvalue weighted by Crippen LogP contribution is -2.02. The first-order valence-corrected chi connectivity index (χ1v) is 6.05. The van der Waals surface area contributed by atoms with Crippen molar-refractivity contribution in [3.63, 3.8) is 0 Å². The first-order valence-electron chi connectivity index (χ1n) is 6.05. The fourth-order valence-electron chi connectivity index (χ4n) is 2.31. The van der Waals surface area contributed by atoms with Crippen LogP contribution in [0.2, 0.25) is 0 Å². The highest BCUT2D eigenvalue weighted by molar-refractivity contribution is 5.78. The number of aromatic nitrogens is 1. The molecule has 0 saturated heterocycles. The summed E-state index contributed by atoms with van der Waals surface area (Å²) in [6.45, 7) is 0. The zero-order valence-corrected chi connectivity index (χ0v) is 10.6. The van der Waals surface area contributed by atoms with Crippen LogP contribution in [0.4, 0.5) is 5.69 Å². The van der Waals surface area contributed by atoms with Crippen molar-refractivity contribution >= 4 is 22.9 Å². The summed E-state index contributed by atoms with van der Waals surface area (Å²) >= 11 is 0. The molecule has 4 nitrogen and oxygen atoms in total. The molecular weight excluding hydrogens is 240 g/mol. The molecule has 0 bridgehead atoms. The van der Waals surface area contributed by atoms with Crippen molar-refractivity contribution in [3.8, 4) is 0 Å². The van der Waals surface area contributed by atoms with Crippen LogP contribution in [0, 0.1) is 0 Å². The summed E-state index contributed by atoms with van der Waals surface area (Å²) in [6.07, 6.45) is 1.38. The Bertz CT molecular complexity index is 720. The molecule has 0 atom stereocenters. The van der Waals surface area contributed by atoms with Crippen LogP contribution in [0.1, 0.15) is 21.9 Å². The topological polar surface area (TPSA) is 61.2 Å². The highest BCUT2D eigenvalue weighted by Gasteiger charge is 2.12. The lowest BCUT2D eigenvalue weighted by atomic mass is 10.2. The third-order valence-corrected chi connectivity index (χ3v) is 3.37. The summed E-state index contributed by atoms with van der Waals surface area (Å²) in [7, 11) is 1.83. The molecule has 0 aliphatic heterocycles. The molecule has 3 aromatic rings. The van der Waals surface area contributed by atoms with Gasteiger partial charge in [-0.1, -0.05) is 18.2 Å². The molecule has 0 unspecified atom stereocenters. The molecule has 96 valence electrons. The third kappa shape index (κ3) is 1.91. The Hall–Kier alpha value is -2.49. The van der Waals surface area contributed by atoms with E-state index in [0.29, 0.717) is 17.8 Å². The van der Waals surface area contributed by atoms with Crippen LogP contribution in [-0.4, -0.2) is 10.9 Å². The summed E-state index contributed by atoms with van der Waals surface area (Å²) < 4.78 is 7.57. The molecule has 0 fully saturated rings. The number of nitrogens with zero attached hydrogens (tertiary/aromatic N) is 1. The van der Waals surface area contributed by atoms with Gasteiger partial charge in [0.2, 0.25) is 0 Å². The zero-order valence-electron chi connectivity index (χ0n) is 10.6. The lowest BCUT2D eigenvalue weighted by molar-refractivity contribution is 0.111. The number of aldehydes is 1. The maximum Gasteiger partial charge on any atom is 0.166 e. The van der Waals surface area contributed by atoms with Crippen LogP contribution in [-0.2, 0) is 13.5 Å². The number of nitrogens with two attached hydrogens (primary N) is 1. The van der Waals surface area contributed by atoms with Gasteiger partial charge < -0.3 is 14.7 Å². The fraction of sp³-hybridized carbons (Fsp3) is 0.133. The van der Waals surface area contributed by atoms with E-state index in [1.807, 2.05) is 37.4 Å². The molecule has 3 rings (SSSR count). The number of anilines is 1. The molecule has 0 aliphatic carbocycles. The summed E-state index contributed by atoms with van der Waals surface area (Å²) in [5, 5.41) is 1.07. The van der Waals surface area contributed by atoms with Crippen LogP contribution in [0.25, 0.3) is 11.0 Å². The standard InChI is InChI=1S/C15H14N2O2/c1-17-11(9-18)7-13(16)14(17)8-12-6-10-4-2-3-5-15(10)19-12/h2-7,9H,8,16H2,1H3. The predicted octanol–water partition coefficient (Wildman–Crippen LogP) is 2.76. The van der Waals surface area contributed by atoms with E-state index in [2.05, 4.69) is 0 Å². The molecule has 1 aromatic carbocycles. The van der Waals surface area contributed by atoms with E-state index >= 15 is 0 Å². The van der Waals surface area contributed by atoms with Gasteiger partial charge in [-0.3, -0.25) is 4.79 Å². The number of benzene rings is 1. The first kappa shape index (κ1) is 11.6. The second-order valence-corrected chi connectivity index (χ2v) is 4.58. The van der Waals surface area contributed by atoms with Gasteiger partial charge in [-0.15, -0.1) is 0 Å². The molecule has 4 heteroatoms. The zero-order chi connectivity index (χ0) is 13.4. The molecule has 2 N–H and O–H groups in total. The minimum absolute atomic E-state index is 0.573. The van der Waals surface area contributed by atoms with E-state index in [9.17, 15) is 4.79 Å². The van der Waals surface area contributed by atoms with Gasteiger partial charge in [0.15, 0.2) is 6.29 Å². The third-order valence-electron chi connectivity index (χ3n) is 3.37. The summed E-state index contributed by atoms with van der Waals surface area (Å²) in [4.78, 5) is 10.9. The maximum atomic E-state index is 10.9. The number of hydrogen-bond donors (Lipinski definition) is 1. The second kappa shape index (κ2) is 4.31. The molecule has 0 saturated carbocycles. The SMILES string of the molecule is Cn1c(C=O)cc(N)c1Cc1cc2ccccc2o1. The van der Waals surface area contributed by atoms with Crippen molar-refractivity contribution < 1.29 is 9.21 Å². The van der Waals surface area contributed by atoms with Crippen molar-refractivity contribution in [2.24, 2.45) is 7.05 Å². The quantitative estimate of drug-likeness (QED) is 0.731. The van der Waals surface area contributed by atoms with E-state index in [1.54, 1.807) is 10.6 Å². The van der Waals surface area contributed by atoms with Gasteiger partial charge in [0, 0.05) is 24.5 Å². The van der Waals surface area contributed by atoms with Crippen molar-refractivity contribution in [2.45, 2.75) is 6.42 Å². The Balaban J connectivity index is 2.01. The predicted molar refractivity (Wildman–Crippen MR) is 74.2 cm³/mol. The Kier molecular flexibility index (Phi) is 2.63. The number of rotatable bonds is 3. The summed E-state index contributed by atoms with van der Waals surface area (Å²) in [5.74, 6) is 0.839. The highest BCUT2D eigenvalue weighted by atomic mass is 16.3. The van der Waals surface area contributed by atoms with E-state index in [0.717, 1.165) is 28.7 Å². The van der Waals surface area contributed by atoms with Crippen LogP contribution < -0.4 is 5.73 Å². The van der Waals surface area contributed by atoms with Crippen LogP contribution in [0.5, 0.6) is 0 Å². The molecule has 19 heavy (non-hydrogen) atoms. The number of para-hydroxylation sites is 1. The maximum absolute atomic E-state index is 10.9. The van der Waals surface area contributed by atoms with Crippen LogP contribution in [0.15, 0.2) is 40.8 Å². The van der Waals surface area contributed by atoms with Gasteiger partial charge in [-0.05, 0) is 18.2 Å². The molecule has 0 aliphatic rings. The minimum atomic E-state index is 0.573. The smallest absolute Gasteiger partial charge is 0.166 e. The number of furan rings is 1. The van der Waals surface area contributed by atoms with E-state index in [-0.39, 0.29) is 0 Å². The highest BCUT2D eigenvalue weighted by Crippen LogP contribution is 2.24. The second-order valence-electron chi connectivity index (χ2n) is 4.58. The van der Waals surface area contributed by atoms with Gasteiger partial charge in [-0.2, -0.15) is 0 Å². The number of carbonyl (C=O) groups excluding carboxylic acids is 1. The minimum Gasteiger partial charge on any atom is -0.461 e. The van der Waals surface area contributed by atoms with Gasteiger partial charge in [0.1, 0.15) is 11.3 Å². The van der Waals surface area contributed by atoms with Crippen molar-refractivity contribution in [1.29, 1.82) is 0 Å². The monoisotopic (exact) mass is 254 g/mol. The first-order chi connectivity index (χ1) is 9.19. The Morgan fingerprint density at radius 3 is 2.79 bits per heavy atom. The van der Waals surface area contributed by atoms with Gasteiger partial charge in [0.25, 0.3) is 0 Å². The van der Waals surface area contributed by atoms with Gasteiger partial charge in [-0.25, -0.2) is 0 Å². The van der Waals surface area contributed by atoms with E-state index in [1.165, 1.54) is 0 Å². The number of hydrogen-bond acceptors (Lipinski definition) is 3. The molecule has 0 spiro atoms. The fourth-order valence-corrected chi connectivity index (χ4v) is 2.31. The van der Waals surface area contributed by atoms with E-state index < -0.39 is 0 Å². The number of carbonyl (C=O) groups is 1. The molecule has 2 heterocycles. The normalized spacial score (nSPS) is 11.0. The van der Waals surface area contributed by atoms with Gasteiger partial charge >= 0.3 is 0 Å².